The topological polar surface area (TPSA) is 88.4 Å². The zero-order valence-electron chi connectivity index (χ0n) is 18.5. The zero-order valence-corrected chi connectivity index (χ0v) is 22.5. The maximum atomic E-state index is 13.3. The van der Waals surface area contributed by atoms with E-state index in [1.165, 1.54) is 17.4 Å². The Morgan fingerprint density at radius 3 is 2.57 bits per heavy atom. The van der Waals surface area contributed by atoms with E-state index in [0.717, 1.165) is 57.6 Å². The van der Waals surface area contributed by atoms with Crippen molar-refractivity contribution in [2.75, 3.05) is 23.3 Å². The molecule has 1 aliphatic rings. The van der Waals surface area contributed by atoms with Crippen LogP contribution in [-0.2, 0) is 0 Å². The molecule has 0 saturated carbocycles. The second kappa shape index (κ2) is 10.0. The first kappa shape index (κ1) is 23.9. The van der Waals surface area contributed by atoms with E-state index < -0.39 is 10.8 Å². The molecule has 10 heteroatoms. The van der Waals surface area contributed by atoms with Crippen LogP contribution in [0.2, 0.25) is 0 Å². The fraction of sp³-hybridized carbons (Fsp3) is 0.200. The molecule has 2 heterocycles. The molecule has 0 bridgehead atoms. The lowest BCUT2D eigenvalue weighted by Crippen LogP contribution is -2.30. The van der Waals surface area contributed by atoms with E-state index >= 15 is 0 Å². The second-order valence-corrected chi connectivity index (χ2v) is 11.1. The predicted molar refractivity (Wildman–Crippen MR) is 148 cm³/mol. The summed E-state index contributed by atoms with van der Waals surface area (Å²) in [6, 6.07) is 16.3. The Balaban J connectivity index is 1.50. The molecule has 0 spiro atoms. The lowest BCUT2D eigenvalue weighted by atomic mass is 10.1. The number of aromatic nitrogens is 1. The van der Waals surface area contributed by atoms with Gasteiger partial charge in [-0.05, 0) is 71.6 Å². The second-order valence-electron chi connectivity index (χ2n) is 8.26. The first-order chi connectivity index (χ1) is 16.9. The normalized spacial score (nSPS) is 13.7. The Morgan fingerprint density at radius 2 is 1.83 bits per heavy atom. The van der Waals surface area contributed by atoms with E-state index in [1.807, 2.05) is 41.3 Å². The molecule has 0 unspecified atom stereocenters. The van der Waals surface area contributed by atoms with Crippen molar-refractivity contribution in [3.8, 4) is 10.6 Å². The Kier molecular flexibility index (Phi) is 6.86. The van der Waals surface area contributed by atoms with Gasteiger partial charge in [0.05, 0.1) is 20.8 Å². The highest BCUT2D eigenvalue weighted by Crippen LogP contribution is 2.41. The van der Waals surface area contributed by atoms with Gasteiger partial charge in [-0.1, -0.05) is 28.1 Å². The SMILES string of the molecule is O=C(Nc1c(Br)cc(Br)cc1-c1nc2ccccc2s1)c1ccc(N2CCCCC2)c([N+](=O)[O-])c1. The number of nitrogens with zero attached hydrogens (tertiary/aromatic N) is 3. The molecule has 5 rings (SSSR count). The molecule has 1 aliphatic heterocycles. The molecule has 0 radical (unpaired) electrons. The van der Waals surface area contributed by atoms with Gasteiger partial charge in [-0.15, -0.1) is 11.3 Å². The van der Waals surface area contributed by atoms with Gasteiger partial charge in [-0.25, -0.2) is 4.98 Å². The highest BCUT2D eigenvalue weighted by molar-refractivity contribution is 9.11. The number of thiazole rings is 1. The van der Waals surface area contributed by atoms with Gasteiger partial charge in [0, 0.05) is 39.2 Å². The molecular formula is C25H20Br2N4O3S. The standard InChI is InChI=1S/C25H20Br2N4O3S/c26-16-13-17(25-28-19-6-2-3-7-22(19)35-25)23(18(27)14-16)29-24(32)15-8-9-20(21(12-15)31(33)34)30-10-4-1-5-11-30/h2-3,6-9,12-14H,1,4-5,10-11H2,(H,29,32). The fourth-order valence-corrected chi connectivity index (χ4v) is 6.57. The number of carbonyl (C=O) groups excluding carboxylic acids is 1. The number of para-hydroxylation sites is 1. The lowest BCUT2D eigenvalue weighted by molar-refractivity contribution is -0.384. The van der Waals surface area contributed by atoms with Crippen molar-refractivity contribution in [2.24, 2.45) is 0 Å². The van der Waals surface area contributed by atoms with Crippen LogP contribution < -0.4 is 10.2 Å². The van der Waals surface area contributed by atoms with Crippen LogP contribution in [0.4, 0.5) is 17.1 Å². The number of anilines is 2. The van der Waals surface area contributed by atoms with E-state index in [1.54, 1.807) is 12.1 Å². The van der Waals surface area contributed by atoms with Crippen molar-refractivity contribution in [3.05, 3.63) is 79.2 Å². The average molecular weight is 616 g/mol. The third kappa shape index (κ3) is 4.96. The van der Waals surface area contributed by atoms with Crippen LogP contribution >= 0.6 is 43.2 Å². The molecule has 3 aromatic carbocycles. The quantitative estimate of drug-likeness (QED) is 0.184. The lowest BCUT2D eigenvalue weighted by Gasteiger charge is -2.28. The maximum absolute atomic E-state index is 13.3. The summed E-state index contributed by atoms with van der Waals surface area (Å²) in [5.41, 5.74) is 2.92. The van der Waals surface area contributed by atoms with Crippen molar-refractivity contribution in [1.29, 1.82) is 0 Å². The van der Waals surface area contributed by atoms with Gasteiger partial charge in [-0.2, -0.15) is 0 Å². The number of nitro benzene ring substituents is 1. The molecular weight excluding hydrogens is 596 g/mol. The Bertz CT molecular complexity index is 1420. The molecule has 7 nitrogen and oxygen atoms in total. The molecule has 0 atom stereocenters. The van der Waals surface area contributed by atoms with Crippen LogP contribution in [0.3, 0.4) is 0 Å². The number of nitro groups is 1. The third-order valence-electron chi connectivity index (χ3n) is 5.95. The molecule has 178 valence electrons. The maximum Gasteiger partial charge on any atom is 0.293 e. The smallest absolute Gasteiger partial charge is 0.293 e. The number of hydrogen-bond acceptors (Lipinski definition) is 6. The van der Waals surface area contributed by atoms with Gasteiger partial charge in [0.25, 0.3) is 11.6 Å². The monoisotopic (exact) mass is 614 g/mol. The van der Waals surface area contributed by atoms with E-state index in [4.69, 9.17) is 4.98 Å². The highest BCUT2D eigenvalue weighted by Gasteiger charge is 2.24. The fourth-order valence-electron chi connectivity index (χ4n) is 4.26. The van der Waals surface area contributed by atoms with Crippen molar-refractivity contribution in [2.45, 2.75) is 19.3 Å². The van der Waals surface area contributed by atoms with Gasteiger partial charge in [0.15, 0.2) is 0 Å². The first-order valence-corrected chi connectivity index (χ1v) is 13.5. The van der Waals surface area contributed by atoms with E-state index in [0.29, 0.717) is 15.8 Å². The summed E-state index contributed by atoms with van der Waals surface area (Å²) in [5.74, 6) is -0.427. The molecule has 1 amide bonds. The molecule has 4 aromatic rings. The Morgan fingerprint density at radius 1 is 1.06 bits per heavy atom. The number of nitrogens with one attached hydrogen (secondary N) is 1. The number of hydrogen-bond donors (Lipinski definition) is 1. The van der Waals surface area contributed by atoms with Crippen LogP contribution in [0.15, 0.2) is 63.5 Å². The Hall–Kier alpha value is -2.82. The number of amides is 1. The van der Waals surface area contributed by atoms with Crippen LogP contribution in [-0.4, -0.2) is 28.9 Å². The zero-order chi connectivity index (χ0) is 24.5. The average Bonchev–Trinajstić information content (AvgIpc) is 3.30. The molecule has 0 aliphatic carbocycles. The van der Waals surface area contributed by atoms with Gasteiger partial charge in [-0.3, -0.25) is 14.9 Å². The summed E-state index contributed by atoms with van der Waals surface area (Å²) >= 11 is 8.61. The molecule has 1 N–H and O–H groups in total. The predicted octanol–water partition coefficient (Wildman–Crippen LogP) is 7.64. The minimum absolute atomic E-state index is 0.0548. The first-order valence-electron chi connectivity index (χ1n) is 11.1. The van der Waals surface area contributed by atoms with Gasteiger partial charge >= 0.3 is 0 Å². The van der Waals surface area contributed by atoms with Crippen LogP contribution in [0.5, 0.6) is 0 Å². The Labute approximate surface area is 222 Å². The number of halogens is 2. The summed E-state index contributed by atoms with van der Waals surface area (Å²) in [7, 11) is 0. The number of fused-ring (bicyclic) bond motifs is 1. The van der Waals surface area contributed by atoms with E-state index in [9.17, 15) is 14.9 Å². The largest absolute Gasteiger partial charge is 0.366 e. The van der Waals surface area contributed by atoms with E-state index in [-0.39, 0.29) is 11.3 Å². The summed E-state index contributed by atoms with van der Waals surface area (Å²) in [4.78, 5) is 31.5. The minimum Gasteiger partial charge on any atom is -0.366 e. The van der Waals surface area contributed by atoms with Crippen molar-refractivity contribution < 1.29 is 9.72 Å². The molecule has 35 heavy (non-hydrogen) atoms. The summed E-state index contributed by atoms with van der Waals surface area (Å²) in [6.45, 7) is 1.56. The molecule has 1 aromatic heterocycles. The van der Waals surface area contributed by atoms with Gasteiger partial charge < -0.3 is 10.2 Å². The molecule has 1 fully saturated rings. The number of carbonyl (C=O) groups is 1. The highest BCUT2D eigenvalue weighted by atomic mass is 79.9. The summed E-state index contributed by atoms with van der Waals surface area (Å²) in [5, 5.41) is 15.6. The van der Waals surface area contributed by atoms with Crippen LogP contribution in [0.1, 0.15) is 29.6 Å². The number of benzene rings is 3. The minimum atomic E-state index is -0.427. The third-order valence-corrected chi connectivity index (χ3v) is 8.10. The van der Waals surface area contributed by atoms with Crippen LogP contribution in [0.25, 0.3) is 20.8 Å². The van der Waals surface area contributed by atoms with Gasteiger partial charge in [0.1, 0.15) is 10.7 Å². The van der Waals surface area contributed by atoms with Crippen molar-refractivity contribution >= 4 is 76.4 Å². The summed E-state index contributed by atoms with van der Waals surface area (Å²) in [6.07, 6.45) is 3.14. The molecule has 1 saturated heterocycles. The van der Waals surface area contributed by atoms with Crippen molar-refractivity contribution in [3.63, 3.8) is 0 Å². The van der Waals surface area contributed by atoms with E-state index in [2.05, 4.69) is 37.2 Å². The summed E-state index contributed by atoms with van der Waals surface area (Å²) < 4.78 is 2.55. The number of piperidine rings is 1. The van der Waals surface area contributed by atoms with Crippen LogP contribution in [0, 0.1) is 10.1 Å². The number of rotatable bonds is 5. The van der Waals surface area contributed by atoms with Gasteiger partial charge in [0.2, 0.25) is 0 Å². The van der Waals surface area contributed by atoms with Crippen molar-refractivity contribution in [1.82, 2.24) is 4.98 Å².